The number of hydrogen-bond acceptors (Lipinski definition) is 6. The van der Waals surface area contributed by atoms with Gasteiger partial charge in [-0.15, -0.1) is 0 Å². The van der Waals surface area contributed by atoms with Crippen LogP contribution >= 0.6 is 11.8 Å². The van der Waals surface area contributed by atoms with Crippen molar-refractivity contribution in [3.8, 4) is 0 Å². The summed E-state index contributed by atoms with van der Waals surface area (Å²) in [5, 5.41) is 14.6. The molecule has 1 heterocycles. The quantitative estimate of drug-likeness (QED) is 0.507. The standard InChI is InChI=1S/C11H12N4O2S/c1-18-5-4-12-11-9-6-8(15(16)17)2-3-10(9)13-7-14-11/h2-3,6-7H,4-5H2,1H3,(H,12,13,14). The van der Waals surface area contributed by atoms with Crippen LogP contribution in [0, 0.1) is 10.1 Å². The molecule has 0 aliphatic heterocycles. The summed E-state index contributed by atoms with van der Waals surface area (Å²) in [6, 6.07) is 4.58. The summed E-state index contributed by atoms with van der Waals surface area (Å²) in [6.07, 6.45) is 3.47. The molecule has 0 atom stereocenters. The Balaban J connectivity index is 2.39. The molecule has 0 saturated carbocycles. The van der Waals surface area contributed by atoms with Crippen LogP contribution in [0.15, 0.2) is 24.5 Å². The number of nitrogens with zero attached hydrogens (tertiary/aromatic N) is 3. The fraction of sp³-hybridized carbons (Fsp3) is 0.273. The van der Waals surface area contributed by atoms with Gasteiger partial charge in [0, 0.05) is 29.8 Å². The SMILES string of the molecule is CSCCNc1ncnc2ccc([N+](=O)[O-])cc12. The second-order valence-electron chi connectivity index (χ2n) is 3.60. The third-order valence-electron chi connectivity index (χ3n) is 2.43. The number of non-ortho nitro benzene ring substituents is 1. The highest BCUT2D eigenvalue weighted by Gasteiger charge is 2.10. The van der Waals surface area contributed by atoms with Gasteiger partial charge in [0.25, 0.3) is 5.69 Å². The van der Waals surface area contributed by atoms with Gasteiger partial charge in [-0.2, -0.15) is 11.8 Å². The number of nitro benzene ring substituents is 1. The second kappa shape index (κ2) is 5.63. The first kappa shape index (κ1) is 12.6. The molecule has 0 unspecified atom stereocenters. The lowest BCUT2D eigenvalue weighted by Gasteiger charge is -2.07. The minimum atomic E-state index is -0.419. The van der Waals surface area contributed by atoms with Crippen molar-refractivity contribution in [1.82, 2.24) is 9.97 Å². The molecule has 2 aromatic rings. The van der Waals surface area contributed by atoms with E-state index in [1.165, 1.54) is 18.5 Å². The lowest BCUT2D eigenvalue weighted by Crippen LogP contribution is -2.06. The van der Waals surface area contributed by atoms with Crippen LogP contribution in [-0.4, -0.2) is 33.4 Å². The largest absolute Gasteiger partial charge is 0.369 e. The molecule has 6 nitrogen and oxygen atoms in total. The lowest BCUT2D eigenvalue weighted by molar-refractivity contribution is -0.384. The first-order valence-corrected chi connectivity index (χ1v) is 6.73. The summed E-state index contributed by atoms with van der Waals surface area (Å²) in [5.41, 5.74) is 0.743. The third-order valence-corrected chi connectivity index (χ3v) is 3.04. The molecule has 0 amide bonds. The van der Waals surface area contributed by atoms with Crippen LogP contribution in [-0.2, 0) is 0 Å². The number of hydrogen-bond donors (Lipinski definition) is 1. The van der Waals surface area contributed by atoms with Crippen molar-refractivity contribution in [3.63, 3.8) is 0 Å². The van der Waals surface area contributed by atoms with Crippen LogP contribution < -0.4 is 5.32 Å². The van der Waals surface area contributed by atoms with Crippen molar-refractivity contribution in [2.75, 3.05) is 23.9 Å². The molecule has 1 N–H and O–H groups in total. The average molecular weight is 264 g/mol. The number of aromatic nitrogens is 2. The van der Waals surface area contributed by atoms with Gasteiger partial charge in [0.15, 0.2) is 0 Å². The van der Waals surface area contributed by atoms with Crippen LogP contribution in [0.1, 0.15) is 0 Å². The summed E-state index contributed by atoms with van der Waals surface area (Å²) < 4.78 is 0. The predicted molar refractivity (Wildman–Crippen MR) is 73.1 cm³/mol. The van der Waals surface area contributed by atoms with E-state index in [1.54, 1.807) is 17.8 Å². The molecular weight excluding hydrogens is 252 g/mol. The Bertz CT molecular complexity index is 576. The minimum Gasteiger partial charge on any atom is -0.369 e. The molecule has 7 heteroatoms. The first-order chi connectivity index (χ1) is 8.72. The van der Waals surface area contributed by atoms with Crippen molar-refractivity contribution in [1.29, 1.82) is 0 Å². The van der Waals surface area contributed by atoms with Gasteiger partial charge >= 0.3 is 0 Å². The maximum atomic E-state index is 10.8. The Morgan fingerprint density at radius 2 is 2.28 bits per heavy atom. The topological polar surface area (TPSA) is 81.0 Å². The van der Waals surface area contributed by atoms with E-state index in [2.05, 4.69) is 15.3 Å². The number of thioether (sulfide) groups is 1. The fourth-order valence-electron chi connectivity index (χ4n) is 1.57. The molecule has 0 spiro atoms. The van der Waals surface area contributed by atoms with E-state index >= 15 is 0 Å². The number of rotatable bonds is 5. The maximum absolute atomic E-state index is 10.8. The Kier molecular flexibility index (Phi) is 3.93. The van der Waals surface area contributed by atoms with Crippen molar-refractivity contribution >= 4 is 34.2 Å². The fourth-order valence-corrected chi connectivity index (χ4v) is 1.88. The minimum absolute atomic E-state index is 0.0465. The highest BCUT2D eigenvalue weighted by molar-refractivity contribution is 7.98. The Morgan fingerprint density at radius 3 is 3.00 bits per heavy atom. The number of nitrogens with one attached hydrogen (secondary N) is 1. The van der Waals surface area contributed by atoms with Crippen molar-refractivity contribution in [2.45, 2.75) is 0 Å². The zero-order chi connectivity index (χ0) is 13.0. The van der Waals surface area contributed by atoms with Crippen molar-refractivity contribution < 1.29 is 4.92 Å². The van der Waals surface area contributed by atoms with Crippen molar-refractivity contribution in [2.24, 2.45) is 0 Å². The Labute approximate surface area is 108 Å². The summed E-state index contributed by atoms with van der Waals surface area (Å²) in [5.74, 6) is 1.58. The van der Waals surface area contributed by atoms with E-state index in [0.29, 0.717) is 16.7 Å². The van der Waals surface area contributed by atoms with Crippen LogP contribution in [0.3, 0.4) is 0 Å². The first-order valence-electron chi connectivity index (χ1n) is 5.34. The van der Waals surface area contributed by atoms with E-state index in [0.717, 1.165) is 12.3 Å². The lowest BCUT2D eigenvalue weighted by atomic mass is 10.2. The van der Waals surface area contributed by atoms with E-state index in [4.69, 9.17) is 0 Å². The highest BCUT2D eigenvalue weighted by Crippen LogP contribution is 2.24. The number of anilines is 1. The van der Waals surface area contributed by atoms with Gasteiger partial charge in [0.1, 0.15) is 12.1 Å². The molecule has 0 fully saturated rings. The normalized spacial score (nSPS) is 10.5. The van der Waals surface area contributed by atoms with Crippen LogP contribution in [0.25, 0.3) is 10.9 Å². The highest BCUT2D eigenvalue weighted by atomic mass is 32.2. The molecule has 0 aliphatic rings. The van der Waals surface area contributed by atoms with Gasteiger partial charge in [-0.1, -0.05) is 0 Å². The van der Waals surface area contributed by atoms with Gasteiger partial charge in [-0.25, -0.2) is 9.97 Å². The predicted octanol–water partition coefficient (Wildman–Crippen LogP) is 2.31. The van der Waals surface area contributed by atoms with E-state index in [1.807, 2.05) is 6.26 Å². The molecule has 0 aliphatic carbocycles. The van der Waals surface area contributed by atoms with E-state index in [9.17, 15) is 10.1 Å². The molecule has 18 heavy (non-hydrogen) atoms. The van der Waals surface area contributed by atoms with Crippen LogP contribution in [0.2, 0.25) is 0 Å². The summed E-state index contributed by atoms with van der Waals surface area (Å²) in [4.78, 5) is 18.6. The molecule has 1 aromatic heterocycles. The Hall–Kier alpha value is -1.89. The second-order valence-corrected chi connectivity index (χ2v) is 4.59. The van der Waals surface area contributed by atoms with Crippen molar-refractivity contribution in [3.05, 3.63) is 34.6 Å². The number of benzene rings is 1. The van der Waals surface area contributed by atoms with Gasteiger partial charge in [-0.3, -0.25) is 10.1 Å². The van der Waals surface area contributed by atoms with E-state index in [-0.39, 0.29) is 5.69 Å². The zero-order valence-corrected chi connectivity index (χ0v) is 10.6. The van der Waals surface area contributed by atoms with Gasteiger partial charge in [0.2, 0.25) is 0 Å². The molecule has 1 aromatic carbocycles. The van der Waals surface area contributed by atoms with Crippen LogP contribution in [0.5, 0.6) is 0 Å². The zero-order valence-electron chi connectivity index (χ0n) is 9.79. The van der Waals surface area contributed by atoms with Gasteiger partial charge in [0.05, 0.1) is 10.4 Å². The van der Waals surface area contributed by atoms with E-state index < -0.39 is 4.92 Å². The molecular formula is C11H12N4O2S. The molecule has 0 bridgehead atoms. The van der Waals surface area contributed by atoms with Crippen LogP contribution in [0.4, 0.5) is 11.5 Å². The Morgan fingerprint density at radius 1 is 1.44 bits per heavy atom. The monoisotopic (exact) mass is 264 g/mol. The average Bonchev–Trinajstić information content (AvgIpc) is 2.38. The van der Waals surface area contributed by atoms with Gasteiger partial charge < -0.3 is 5.32 Å². The molecule has 2 rings (SSSR count). The molecule has 94 valence electrons. The number of nitro groups is 1. The summed E-state index contributed by atoms with van der Waals surface area (Å²) in [6.45, 7) is 0.760. The van der Waals surface area contributed by atoms with Gasteiger partial charge in [-0.05, 0) is 12.3 Å². The number of fused-ring (bicyclic) bond motifs is 1. The maximum Gasteiger partial charge on any atom is 0.270 e. The molecule has 0 radical (unpaired) electrons. The molecule has 0 saturated heterocycles. The smallest absolute Gasteiger partial charge is 0.270 e. The third kappa shape index (κ3) is 2.67. The summed E-state index contributed by atoms with van der Waals surface area (Å²) in [7, 11) is 0. The summed E-state index contributed by atoms with van der Waals surface area (Å²) >= 11 is 1.72.